The second-order valence-electron chi connectivity index (χ2n) is 5.96. The monoisotopic (exact) mass is 485 g/mol. The lowest BCUT2D eigenvalue weighted by Gasteiger charge is -2.14. The molecule has 3 rings (SSSR count). The van der Waals surface area contributed by atoms with Gasteiger partial charge in [-0.2, -0.15) is 0 Å². The lowest BCUT2D eigenvalue weighted by molar-refractivity contribution is 0.521. The number of nitrogens with zero attached hydrogens (tertiary/aromatic N) is 3. The maximum absolute atomic E-state index is 12.5. The average molecular weight is 487 g/mol. The van der Waals surface area contributed by atoms with Crippen molar-refractivity contribution in [1.82, 2.24) is 8.87 Å². The summed E-state index contributed by atoms with van der Waals surface area (Å²) in [4.78, 5) is 5.57. The van der Waals surface area contributed by atoms with Crippen LogP contribution < -0.4 is 4.80 Å². The van der Waals surface area contributed by atoms with Crippen molar-refractivity contribution < 1.29 is 8.42 Å². The number of para-hydroxylation sites is 1. The van der Waals surface area contributed by atoms with Crippen molar-refractivity contribution in [1.29, 1.82) is 0 Å². The number of hydrogen-bond acceptors (Lipinski definition) is 4. The second kappa shape index (κ2) is 7.89. The van der Waals surface area contributed by atoms with Crippen molar-refractivity contribution in [2.24, 2.45) is 12.0 Å². The summed E-state index contributed by atoms with van der Waals surface area (Å²) in [6.07, 6.45) is 0. The number of halogens is 2. The molecule has 142 valence electrons. The molecule has 0 aliphatic rings. The summed E-state index contributed by atoms with van der Waals surface area (Å²) in [5.41, 5.74) is 2.44. The largest absolute Gasteiger partial charge is 0.320 e. The van der Waals surface area contributed by atoms with Crippen LogP contribution in [0.1, 0.15) is 0 Å². The van der Waals surface area contributed by atoms with Crippen LogP contribution in [-0.4, -0.2) is 31.4 Å². The maximum atomic E-state index is 12.5. The fourth-order valence-electron chi connectivity index (χ4n) is 2.44. The lowest BCUT2D eigenvalue weighted by atomic mass is 10.2. The van der Waals surface area contributed by atoms with E-state index in [-0.39, 0.29) is 9.92 Å². The molecular formula is C18H17BrClN3O2S2. The van der Waals surface area contributed by atoms with Gasteiger partial charge in [-0.25, -0.2) is 17.7 Å². The Labute approximate surface area is 175 Å². The fourth-order valence-corrected chi connectivity index (χ4v) is 5.12. The molecule has 0 amide bonds. The molecule has 0 atom stereocenters. The molecule has 1 aromatic heterocycles. The molecule has 0 aliphatic heterocycles. The van der Waals surface area contributed by atoms with Gasteiger partial charge >= 0.3 is 0 Å². The molecule has 27 heavy (non-hydrogen) atoms. The van der Waals surface area contributed by atoms with Crippen LogP contribution in [0.25, 0.3) is 11.3 Å². The standard InChI is InChI=1S/C18H17BrClN3O2S2/c1-22(2)27(24,25)17-10-12(8-9-14(17)20)16-11-26-18(23(16)3)21-15-7-5-4-6-13(15)19/h4-11H,1-3H3. The van der Waals surface area contributed by atoms with E-state index < -0.39 is 10.0 Å². The van der Waals surface area contributed by atoms with Crippen LogP contribution >= 0.6 is 38.9 Å². The van der Waals surface area contributed by atoms with Crippen LogP contribution in [-0.2, 0) is 17.1 Å². The molecule has 2 aromatic carbocycles. The number of thiazole rings is 1. The first-order chi connectivity index (χ1) is 12.7. The molecule has 0 spiro atoms. The van der Waals surface area contributed by atoms with Crippen molar-refractivity contribution >= 4 is 54.6 Å². The summed E-state index contributed by atoms with van der Waals surface area (Å²) in [7, 11) is 1.23. The maximum Gasteiger partial charge on any atom is 0.244 e. The van der Waals surface area contributed by atoms with Crippen LogP contribution in [0.5, 0.6) is 0 Å². The van der Waals surface area contributed by atoms with Crippen molar-refractivity contribution in [3.8, 4) is 11.3 Å². The SMILES string of the molecule is CN(C)S(=O)(=O)c1cc(-c2csc(=Nc3ccccc3Br)n2C)ccc1Cl. The first kappa shape index (κ1) is 20.3. The molecule has 0 saturated carbocycles. The van der Waals surface area contributed by atoms with Gasteiger partial charge in [0, 0.05) is 36.6 Å². The normalized spacial score (nSPS) is 12.7. The van der Waals surface area contributed by atoms with E-state index in [9.17, 15) is 8.42 Å². The van der Waals surface area contributed by atoms with Gasteiger partial charge in [0.25, 0.3) is 0 Å². The Balaban J connectivity index is 2.12. The van der Waals surface area contributed by atoms with Gasteiger partial charge in [0.15, 0.2) is 4.80 Å². The molecule has 3 aromatic rings. The zero-order valence-electron chi connectivity index (χ0n) is 14.8. The third-order valence-corrected chi connectivity index (χ3v) is 7.86. The van der Waals surface area contributed by atoms with E-state index in [1.54, 1.807) is 18.2 Å². The quantitative estimate of drug-likeness (QED) is 0.539. The molecule has 5 nitrogen and oxygen atoms in total. The van der Waals surface area contributed by atoms with E-state index in [0.717, 1.165) is 30.5 Å². The van der Waals surface area contributed by atoms with Gasteiger partial charge in [-0.1, -0.05) is 29.8 Å². The molecule has 0 saturated heterocycles. The van der Waals surface area contributed by atoms with E-state index in [4.69, 9.17) is 11.6 Å². The average Bonchev–Trinajstić information content (AvgIpc) is 2.98. The van der Waals surface area contributed by atoms with Crippen LogP contribution in [0.3, 0.4) is 0 Å². The van der Waals surface area contributed by atoms with Gasteiger partial charge in [-0.3, -0.25) is 0 Å². The van der Waals surface area contributed by atoms with Crippen LogP contribution in [0.15, 0.2) is 62.2 Å². The van der Waals surface area contributed by atoms with E-state index in [1.165, 1.54) is 25.4 Å². The van der Waals surface area contributed by atoms with E-state index in [0.29, 0.717) is 0 Å². The molecule has 9 heteroatoms. The highest BCUT2D eigenvalue weighted by Gasteiger charge is 2.22. The van der Waals surface area contributed by atoms with Crippen molar-refractivity contribution in [3.63, 3.8) is 0 Å². The predicted molar refractivity (Wildman–Crippen MR) is 114 cm³/mol. The Bertz CT molecular complexity index is 1170. The first-order valence-corrected chi connectivity index (χ1v) is 11.4. The Hall–Kier alpha value is -1.45. The van der Waals surface area contributed by atoms with Crippen LogP contribution in [0, 0.1) is 0 Å². The highest BCUT2D eigenvalue weighted by atomic mass is 79.9. The summed E-state index contributed by atoms with van der Waals surface area (Å²) >= 11 is 11.1. The highest BCUT2D eigenvalue weighted by molar-refractivity contribution is 9.10. The molecule has 0 aliphatic carbocycles. The summed E-state index contributed by atoms with van der Waals surface area (Å²) in [5.74, 6) is 0. The second-order valence-corrected chi connectivity index (χ2v) is 10.2. The minimum Gasteiger partial charge on any atom is -0.320 e. The Morgan fingerprint density at radius 3 is 2.56 bits per heavy atom. The molecule has 0 fully saturated rings. The molecule has 1 heterocycles. The summed E-state index contributed by atoms with van der Waals surface area (Å²) < 4.78 is 29.0. The fraction of sp³-hybridized carbons (Fsp3) is 0.167. The summed E-state index contributed by atoms with van der Waals surface area (Å²) in [6, 6.07) is 12.7. The van der Waals surface area contributed by atoms with Crippen molar-refractivity contribution in [3.05, 3.63) is 62.1 Å². The van der Waals surface area contributed by atoms with Crippen molar-refractivity contribution in [2.45, 2.75) is 4.90 Å². The third kappa shape index (κ3) is 4.05. The smallest absolute Gasteiger partial charge is 0.244 e. The Morgan fingerprint density at radius 1 is 1.19 bits per heavy atom. The Morgan fingerprint density at radius 2 is 1.89 bits per heavy atom. The van der Waals surface area contributed by atoms with Gasteiger partial charge < -0.3 is 4.57 Å². The molecular weight excluding hydrogens is 470 g/mol. The third-order valence-electron chi connectivity index (χ3n) is 3.98. The number of hydrogen-bond donors (Lipinski definition) is 0. The summed E-state index contributed by atoms with van der Waals surface area (Å²) in [5, 5.41) is 2.15. The summed E-state index contributed by atoms with van der Waals surface area (Å²) in [6.45, 7) is 0. The molecule has 0 bridgehead atoms. The van der Waals surface area contributed by atoms with Gasteiger partial charge in [0.2, 0.25) is 10.0 Å². The predicted octanol–water partition coefficient (Wildman–Crippen LogP) is 4.65. The molecule has 0 unspecified atom stereocenters. The minimum atomic E-state index is -3.63. The van der Waals surface area contributed by atoms with Gasteiger partial charge in [0.1, 0.15) is 4.90 Å². The number of benzene rings is 2. The Kier molecular flexibility index (Phi) is 5.93. The zero-order valence-corrected chi connectivity index (χ0v) is 18.8. The van der Waals surface area contributed by atoms with Crippen LogP contribution in [0.2, 0.25) is 5.02 Å². The number of sulfonamides is 1. The highest BCUT2D eigenvalue weighted by Crippen LogP contribution is 2.30. The van der Waals surface area contributed by atoms with E-state index in [1.807, 2.05) is 41.3 Å². The lowest BCUT2D eigenvalue weighted by Crippen LogP contribution is -2.22. The zero-order chi connectivity index (χ0) is 19.8. The number of aromatic nitrogens is 1. The van der Waals surface area contributed by atoms with Crippen LogP contribution in [0.4, 0.5) is 5.69 Å². The van der Waals surface area contributed by atoms with Gasteiger partial charge in [-0.05, 0) is 40.2 Å². The van der Waals surface area contributed by atoms with Gasteiger partial charge in [0.05, 0.1) is 16.4 Å². The molecule has 0 radical (unpaired) electrons. The molecule has 0 N–H and O–H groups in total. The van der Waals surface area contributed by atoms with E-state index >= 15 is 0 Å². The topological polar surface area (TPSA) is 54.7 Å². The number of rotatable bonds is 4. The van der Waals surface area contributed by atoms with Gasteiger partial charge in [-0.15, -0.1) is 11.3 Å². The van der Waals surface area contributed by atoms with Crippen molar-refractivity contribution in [2.75, 3.05) is 14.1 Å². The van der Waals surface area contributed by atoms with E-state index in [2.05, 4.69) is 20.9 Å². The first-order valence-electron chi connectivity index (χ1n) is 7.88. The minimum absolute atomic E-state index is 0.0853.